The average molecular weight is 242 g/mol. The van der Waals surface area contributed by atoms with Crippen molar-refractivity contribution in [1.29, 1.82) is 0 Å². The molecule has 1 aliphatic rings. The first kappa shape index (κ1) is 11.8. The quantitative estimate of drug-likeness (QED) is 0.868. The summed E-state index contributed by atoms with van der Waals surface area (Å²) in [4.78, 5) is 5.91. The maximum Gasteiger partial charge on any atom is 0.0456 e. The molecule has 3 rings (SSSR count). The Labute approximate surface area is 109 Å². The minimum atomic E-state index is 0.829. The smallest absolute Gasteiger partial charge is 0.0456 e. The first-order valence-corrected chi connectivity index (χ1v) is 7.10. The molecule has 96 valence electrons. The van der Waals surface area contributed by atoms with Crippen molar-refractivity contribution in [3.05, 3.63) is 36.0 Å². The zero-order valence-corrected chi connectivity index (χ0v) is 11.2. The predicted octanol–water partition coefficient (Wildman–Crippen LogP) is 3.58. The molecule has 2 aromatic rings. The van der Waals surface area contributed by atoms with Gasteiger partial charge in [-0.25, -0.2) is 0 Å². The van der Waals surface area contributed by atoms with Gasteiger partial charge in [0.25, 0.3) is 0 Å². The average Bonchev–Trinajstić information content (AvgIpc) is 3.06. The summed E-state index contributed by atoms with van der Waals surface area (Å²) in [7, 11) is 2.28. The third kappa shape index (κ3) is 2.30. The zero-order valence-electron chi connectivity index (χ0n) is 11.2. The van der Waals surface area contributed by atoms with E-state index in [1.54, 1.807) is 0 Å². The maximum absolute atomic E-state index is 3.36. The van der Waals surface area contributed by atoms with Gasteiger partial charge in [-0.3, -0.25) is 0 Å². The lowest BCUT2D eigenvalue weighted by atomic mass is 10.1. The fourth-order valence-electron chi connectivity index (χ4n) is 3.16. The van der Waals surface area contributed by atoms with Crippen LogP contribution in [0.15, 0.2) is 30.5 Å². The number of likely N-dealkylation sites (N-methyl/N-ethyl adjacent to an activating group) is 1. The summed E-state index contributed by atoms with van der Waals surface area (Å²) in [5, 5.41) is 1.39. The Kier molecular flexibility index (Phi) is 3.37. The highest BCUT2D eigenvalue weighted by Gasteiger charge is 2.19. The summed E-state index contributed by atoms with van der Waals surface area (Å²) in [5.74, 6) is 0. The van der Waals surface area contributed by atoms with Crippen molar-refractivity contribution in [3.63, 3.8) is 0 Å². The van der Waals surface area contributed by atoms with Gasteiger partial charge in [0.1, 0.15) is 0 Å². The van der Waals surface area contributed by atoms with E-state index in [4.69, 9.17) is 0 Å². The Balaban J connectivity index is 1.65. The fourth-order valence-corrected chi connectivity index (χ4v) is 3.16. The van der Waals surface area contributed by atoms with E-state index >= 15 is 0 Å². The molecular weight excluding hydrogens is 220 g/mol. The number of aromatic amines is 1. The summed E-state index contributed by atoms with van der Waals surface area (Å²) in [6.07, 6.45) is 8.95. The number of aromatic nitrogens is 1. The molecule has 0 atom stereocenters. The molecular formula is C16H22N2. The van der Waals surface area contributed by atoms with E-state index in [9.17, 15) is 0 Å². The lowest BCUT2D eigenvalue weighted by molar-refractivity contribution is 0.249. The number of hydrogen-bond donors (Lipinski definition) is 1. The van der Waals surface area contributed by atoms with Crippen molar-refractivity contribution in [2.75, 3.05) is 13.6 Å². The third-order valence-corrected chi connectivity index (χ3v) is 4.36. The van der Waals surface area contributed by atoms with Gasteiger partial charge in [0, 0.05) is 29.7 Å². The number of nitrogens with one attached hydrogen (secondary N) is 1. The number of fused-ring (bicyclic) bond motifs is 1. The fraction of sp³-hybridized carbons (Fsp3) is 0.500. The Bertz CT molecular complexity index is 509. The molecule has 0 radical (unpaired) electrons. The summed E-state index contributed by atoms with van der Waals surface area (Å²) in [6.45, 7) is 1.17. The monoisotopic (exact) mass is 242 g/mol. The van der Waals surface area contributed by atoms with Crippen LogP contribution in [-0.4, -0.2) is 29.5 Å². The number of hydrogen-bond acceptors (Lipinski definition) is 1. The molecule has 1 saturated carbocycles. The minimum Gasteiger partial charge on any atom is -0.361 e. The second kappa shape index (κ2) is 5.15. The highest BCUT2D eigenvalue weighted by atomic mass is 15.1. The number of nitrogens with zero attached hydrogens (tertiary/aromatic N) is 1. The molecule has 1 aromatic carbocycles. The van der Waals surface area contributed by atoms with Gasteiger partial charge in [-0.15, -0.1) is 0 Å². The van der Waals surface area contributed by atoms with E-state index in [1.165, 1.54) is 48.7 Å². The molecule has 2 nitrogen and oxygen atoms in total. The van der Waals surface area contributed by atoms with Crippen LogP contribution < -0.4 is 0 Å². The maximum atomic E-state index is 3.36. The predicted molar refractivity (Wildman–Crippen MR) is 76.9 cm³/mol. The van der Waals surface area contributed by atoms with Crippen molar-refractivity contribution in [3.8, 4) is 0 Å². The van der Waals surface area contributed by atoms with E-state index in [0.29, 0.717) is 0 Å². The first-order chi connectivity index (χ1) is 8.84. The number of para-hydroxylation sites is 1. The Morgan fingerprint density at radius 3 is 2.83 bits per heavy atom. The molecule has 0 amide bonds. The lowest BCUT2D eigenvalue weighted by Crippen LogP contribution is -2.30. The third-order valence-electron chi connectivity index (χ3n) is 4.36. The second-order valence-corrected chi connectivity index (χ2v) is 5.53. The van der Waals surface area contributed by atoms with E-state index in [1.807, 2.05) is 0 Å². The standard InChI is InChI=1S/C16H22N2/c1-18(14-6-2-3-7-14)11-10-13-12-17-16-9-5-4-8-15(13)16/h4-5,8-9,12,14,17H,2-3,6-7,10-11H2,1H3. The molecule has 0 spiro atoms. The zero-order chi connectivity index (χ0) is 12.4. The van der Waals surface area contributed by atoms with Crippen molar-refractivity contribution in [1.82, 2.24) is 9.88 Å². The summed E-state index contributed by atoms with van der Waals surface area (Å²) < 4.78 is 0. The largest absolute Gasteiger partial charge is 0.361 e. The van der Waals surface area contributed by atoms with Crippen LogP contribution in [0.2, 0.25) is 0 Å². The van der Waals surface area contributed by atoms with Crippen LogP contribution in [0.25, 0.3) is 10.9 Å². The van der Waals surface area contributed by atoms with Crippen LogP contribution in [0.1, 0.15) is 31.2 Å². The lowest BCUT2D eigenvalue weighted by Gasteiger charge is -2.23. The van der Waals surface area contributed by atoms with Crippen molar-refractivity contribution in [2.45, 2.75) is 38.1 Å². The molecule has 0 bridgehead atoms. The van der Waals surface area contributed by atoms with Crippen LogP contribution in [0.4, 0.5) is 0 Å². The van der Waals surface area contributed by atoms with Gasteiger partial charge in [-0.1, -0.05) is 31.0 Å². The van der Waals surface area contributed by atoms with Crippen LogP contribution in [0.5, 0.6) is 0 Å². The molecule has 0 aliphatic heterocycles. The highest BCUT2D eigenvalue weighted by molar-refractivity contribution is 5.83. The molecule has 1 aromatic heterocycles. The van der Waals surface area contributed by atoms with Crippen molar-refractivity contribution in [2.24, 2.45) is 0 Å². The van der Waals surface area contributed by atoms with E-state index in [2.05, 4.69) is 47.4 Å². The molecule has 0 unspecified atom stereocenters. The molecule has 1 N–H and O–H groups in total. The van der Waals surface area contributed by atoms with Crippen LogP contribution >= 0.6 is 0 Å². The summed E-state index contributed by atoms with van der Waals surface area (Å²) in [6, 6.07) is 9.42. The molecule has 0 saturated heterocycles. The van der Waals surface area contributed by atoms with Gasteiger partial charge in [-0.05, 0) is 37.9 Å². The van der Waals surface area contributed by atoms with Gasteiger partial charge in [0.05, 0.1) is 0 Å². The van der Waals surface area contributed by atoms with Gasteiger partial charge in [0.2, 0.25) is 0 Å². The van der Waals surface area contributed by atoms with E-state index in [0.717, 1.165) is 12.5 Å². The number of benzene rings is 1. The van der Waals surface area contributed by atoms with Crippen LogP contribution in [0.3, 0.4) is 0 Å². The van der Waals surface area contributed by atoms with Crippen molar-refractivity contribution >= 4 is 10.9 Å². The van der Waals surface area contributed by atoms with Gasteiger partial charge in [0.15, 0.2) is 0 Å². The Morgan fingerprint density at radius 1 is 1.22 bits per heavy atom. The molecule has 1 heterocycles. The van der Waals surface area contributed by atoms with Gasteiger partial charge < -0.3 is 9.88 Å². The normalized spacial score (nSPS) is 17.0. The molecule has 2 heteroatoms. The molecule has 1 fully saturated rings. The second-order valence-electron chi connectivity index (χ2n) is 5.53. The topological polar surface area (TPSA) is 19.0 Å². The SMILES string of the molecule is CN(CCc1c[nH]c2ccccc12)C1CCCC1. The van der Waals surface area contributed by atoms with E-state index in [-0.39, 0.29) is 0 Å². The summed E-state index contributed by atoms with van der Waals surface area (Å²) >= 11 is 0. The van der Waals surface area contributed by atoms with Gasteiger partial charge in [-0.2, -0.15) is 0 Å². The minimum absolute atomic E-state index is 0.829. The Hall–Kier alpha value is -1.28. The van der Waals surface area contributed by atoms with E-state index < -0.39 is 0 Å². The van der Waals surface area contributed by atoms with Gasteiger partial charge >= 0.3 is 0 Å². The number of rotatable bonds is 4. The van der Waals surface area contributed by atoms with Crippen molar-refractivity contribution < 1.29 is 0 Å². The summed E-state index contributed by atoms with van der Waals surface area (Å²) in [5.41, 5.74) is 2.71. The molecule has 18 heavy (non-hydrogen) atoms. The molecule has 1 aliphatic carbocycles. The number of H-pyrrole nitrogens is 1. The first-order valence-electron chi connectivity index (χ1n) is 7.10. The highest BCUT2D eigenvalue weighted by Crippen LogP contribution is 2.23. The van der Waals surface area contributed by atoms with Crippen LogP contribution in [0, 0.1) is 0 Å². The van der Waals surface area contributed by atoms with Crippen LogP contribution in [-0.2, 0) is 6.42 Å². The Morgan fingerprint density at radius 2 is 2.00 bits per heavy atom.